The molecule has 5 aromatic rings. The largest absolute Gasteiger partial charge is 0.508 e. The minimum atomic E-state index is 0.317. The van der Waals surface area contributed by atoms with Gasteiger partial charge in [0.15, 0.2) is 0 Å². The summed E-state index contributed by atoms with van der Waals surface area (Å²) in [5.74, 6) is 0.633. The minimum Gasteiger partial charge on any atom is -0.508 e. The van der Waals surface area contributed by atoms with E-state index in [1.54, 1.807) is 12.1 Å². The fourth-order valence-corrected chi connectivity index (χ4v) is 4.13. The fourth-order valence-electron chi connectivity index (χ4n) is 4.13. The molecule has 0 saturated heterocycles. The van der Waals surface area contributed by atoms with Gasteiger partial charge in [-0.15, -0.1) is 10.2 Å². The highest BCUT2D eigenvalue weighted by atomic mass is 16.3. The second kappa shape index (κ2) is 10.0. The maximum atomic E-state index is 9.69. The van der Waals surface area contributed by atoms with Gasteiger partial charge in [-0.3, -0.25) is 9.36 Å². The first kappa shape index (κ1) is 23.3. The Hall–Kier alpha value is -4.46. The molecular weight excluding hydrogens is 452 g/mol. The summed E-state index contributed by atoms with van der Waals surface area (Å²) in [4.78, 5) is 0. The molecule has 182 valence electrons. The number of aromatic hydroxyl groups is 2. The molecule has 0 aliphatic heterocycles. The van der Waals surface area contributed by atoms with Crippen molar-refractivity contribution in [3.63, 3.8) is 0 Å². The highest BCUT2D eigenvalue weighted by Gasteiger charge is 2.08. The van der Waals surface area contributed by atoms with Gasteiger partial charge in [0.05, 0.1) is 12.4 Å². The molecule has 0 amide bonds. The SMILES string of the molecule is Cc1cc(CCn2cc(-c3ccc(-c4cn(CCc5ccc(O)c(C)c5)nn4)cc3)nn2)ccc1O. The minimum absolute atomic E-state index is 0.317. The van der Waals surface area contributed by atoms with Gasteiger partial charge in [-0.2, -0.15) is 0 Å². The van der Waals surface area contributed by atoms with E-state index < -0.39 is 0 Å². The van der Waals surface area contributed by atoms with Gasteiger partial charge < -0.3 is 10.2 Å². The van der Waals surface area contributed by atoms with Crippen molar-refractivity contribution < 1.29 is 10.2 Å². The molecule has 0 spiro atoms. The number of hydrogen-bond acceptors (Lipinski definition) is 6. The fraction of sp³-hybridized carbons (Fsp3) is 0.214. The van der Waals surface area contributed by atoms with Crippen molar-refractivity contribution in [3.05, 3.63) is 95.3 Å². The summed E-state index contributed by atoms with van der Waals surface area (Å²) in [6.07, 6.45) is 5.52. The standard InChI is InChI=1S/C28H28N6O2/c1-19-15-21(3-9-27(19)35)11-13-33-17-25(29-31-33)23-5-7-24(8-6-23)26-18-34(32-30-26)14-12-22-4-10-28(36)20(2)16-22/h3-10,15-18,35-36H,11-14H2,1-2H3. The third-order valence-electron chi connectivity index (χ3n) is 6.34. The van der Waals surface area contributed by atoms with Gasteiger partial charge in [0, 0.05) is 24.2 Å². The molecule has 0 radical (unpaired) electrons. The van der Waals surface area contributed by atoms with E-state index in [-0.39, 0.29) is 0 Å². The van der Waals surface area contributed by atoms with Crippen LogP contribution in [0.3, 0.4) is 0 Å². The van der Waals surface area contributed by atoms with Crippen LogP contribution in [-0.2, 0) is 25.9 Å². The molecule has 0 aliphatic carbocycles. The second-order valence-corrected chi connectivity index (χ2v) is 9.05. The van der Waals surface area contributed by atoms with Crippen LogP contribution < -0.4 is 0 Å². The average Bonchev–Trinajstić information content (AvgIpc) is 3.56. The zero-order valence-electron chi connectivity index (χ0n) is 20.3. The van der Waals surface area contributed by atoms with Crippen LogP contribution in [-0.4, -0.2) is 40.2 Å². The van der Waals surface area contributed by atoms with Gasteiger partial charge in [-0.25, -0.2) is 0 Å². The number of aryl methyl sites for hydroxylation is 6. The summed E-state index contributed by atoms with van der Waals surface area (Å²) < 4.78 is 3.68. The third kappa shape index (κ3) is 5.27. The topological polar surface area (TPSA) is 102 Å². The summed E-state index contributed by atoms with van der Waals surface area (Å²) >= 11 is 0. The lowest BCUT2D eigenvalue weighted by molar-refractivity contribution is 0.470. The van der Waals surface area contributed by atoms with E-state index in [1.807, 2.05) is 84.1 Å². The van der Waals surface area contributed by atoms with E-state index in [1.165, 1.54) is 0 Å². The lowest BCUT2D eigenvalue weighted by Gasteiger charge is -2.04. The molecule has 2 N–H and O–H groups in total. The second-order valence-electron chi connectivity index (χ2n) is 9.05. The van der Waals surface area contributed by atoms with Crippen LogP contribution in [0.5, 0.6) is 11.5 Å². The summed E-state index contributed by atoms with van der Waals surface area (Å²) in [7, 11) is 0. The Bertz CT molecular complexity index is 1370. The Morgan fingerprint density at radius 1 is 0.611 bits per heavy atom. The molecule has 36 heavy (non-hydrogen) atoms. The average molecular weight is 481 g/mol. The molecule has 0 fully saturated rings. The van der Waals surface area contributed by atoms with Crippen LogP contribution in [0.1, 0.15) is 22.3 Å². The van der Waals surface area contributed by atoms with Gasteiger partial charge in [-0.1, -0.05) is 59.0 Å². The first-order valence-electron chi connectivity index (χ1n) is 11.9. The van der Waals surface area contributed by atoms with Gasteiger partial charge in [0.2, 0.25) is 0 Å². The normalized spacial score (nSPS) is 11.2. The molecular formula is C28H28N6O2. The van der Waals surface area contributed by atoms with E-state index in [2.05, 4.69) is 20.6 Å². The van der Waals surface area contributed by atoms with Crippen molar-refractivity contribution in [2.75, 3.05) is 0 Å². The van der Waals surface area contributed by atoms with Crippen molar-refractivity contribution in [1.82, 2.24) is 30.0 Å². The van der Waals surface area contributed by atoms with E-state index in [0.29, 0.717) is 24.6 Å². The lowest BCUT2D eigenvalue weighted by atomic mass is 10.1. The Morgan fingerprint density at radius 3 is 1.42 bits per heavy atom. The zero-order valence-corrected chi connectivity index (χ0v) is 20.3. The quantitative estimate of drug-likeness (QED) is 0.333. The molecule has 0 saturated carbocycles. The van der Waals surface area contributed by atoms with Crippen molar-refractivity contribution >= 4 is 0 Å². The first-order valence-corrected chi connectivity index (χ1v) is 11.9. The van der Waals surface area contributed by atoms with Crippen LogP contribution in [0.2, 0.25) is 0 Å². The number of phenols is 2. The predicted octanol–water partition coefficient (Wildman–Crippen LogP) is 4.72. The summed E-state index contributed by atoms with van der Waals surface area (Å²) in [5, 5.41) is 36.6. The smallest absolute Gasteiger partial charge is 0.118 e. The number of nitrogens with zero attached hydrogens (tertiary/aromatic N) is 6. The molecule has 0 bridgehead atoms. The van der Waals surface area contributed by atoms with E-state index in [4.69, 9.17) is 0 Å². The molecule has 5 rings (SSSR count). The van der Waals surface area contributed by atoms with Crippen molar-refractivity contribution in [3.8, 4) is 34.0 Å². The Labute approximate surface area is 209 Å². The van der Waals surface area contributed by atoms with Crippen LogP contribution in [0.4, 0.5) is 0 Å². The highest BCUT2D eigenvalue weighted by molar-refractivity contribution is 5.65. The van der Waals surface area contributed by atoms with E-state index >= 15 is 0 Å². The summed E-state index contributed by atoms with van der Waals surface area (Å²) in [5.41, 5.74) is 7.66. The maximum absolute atomic E-state index is 9.69. The van der Waals surface area contributed by atoms with Crippen LogP contribution >= 0.6 is 0 Å². The zero-order chi connectivity index (χ0) is 25.1. The van der Waals surface area contributed by atoms with E-state index in [9.17, 15) is 10.2 Å². The molecule has 0 atom stereocenters. The molecule has 2 aromatic heterocycles. The summed E-state index contributed by atoms with van der Waals surface area (Å²) in [6.45, 7) is 5.22. The van der Waals surface area contributed by atoms with Crippen molar-refractivity contribution in [2.45, 2.75) is 39.8 Å². The van der Waals surface area contributed by atoms with Crippen molar-refractivity contribution in [2.24, 2.45) is 0 Å². The molecule has 0 aliphatic rings. The Morgan fingerprint density at radius 2 is 1.03 bits per heavy atom. The van der Waals surface area contributed by atoms with Gasteiger partial charge >= 0.3 is 0 Å². The van der Waals surface area contributed by atoms with Crippen LogP contribution in [0, 0.1) is 13.8 Å². The van der Waals surface area contributed by atoms with Gasteiger partial charge in [0.25, 0.3) is 0 Å². The number of hydrogen-bond donors (Lipinski definition) is 2. The third-order valence-corrected chi connectivity index (χ3v) is 6.34. The molecule has 8 nitrogen and oxygen atoms in total. The molecule has 2 heterocycles. The molecule has 0 unspecified atom stereocenters. The van der Waals surface area contributed by atoms with E-state index in [0.717, 1.165) is 57.6 Å². The van der Waals surface area contributed by atoms with Gasteiger partial charge in [0.1, 0.15) is 22.9 Å². The van der Waals surface area contributed by atoms with Crippen LogP contribution in [0.25, 0.3) is 22.5 Å². The van der Waals surface area contributed by atoms with Gasteiger partial charge in [-0.05, 0) is 61.1 Å². The monoisotopic (exact) mass is 480 g/mol. The predicted molar refractivity (Wildman–Crippen MR) is 138 cm³/mol. The number of benzene rings is 3. The summed E-state index contributed by atoms with van der Waals surface area (Å²) in [6, 6.07) is 19.4. The number of rotatable bonds is 8. The highest BCUT2D eigenvalue weighted by Crippen LogP contribution is 2.23. The van der Waals surface area contributed by atoms with Crippen molar-refractivity contribution in [1.29, 1.82) is 0 Å². The molecule has 3 aromatic carbocycles. The first-order chi connectivity index (χ1) is 17.4. The Balaban J connectivity index is 1.20. The number of aromatic nitrogens is 6. The Kier molecular flexibility index (Phi) is 6.49. The molecule has 8 heteroatoms. The number of phenolic OH excluding ortho intramolecular Hbond substituents is 2. The van der Waals surface area contributed by atoms with Crippen LogP contribution in [0.15, 0.2) is 73.1 Å². The maximum Gasteiger partial charge on any atom is 0.118 e. The lowest BCUT2D eigenvalue weighted by Crippen LogP contribution is -2.02.